The molecule has 9 nitrogen and oxygen atoms in total. The monoisotopic (exact) mass is 380 g/mol. The second-order valence-electron chi connectivity index (χ2n) is 4.88. The molecule has 0 bridgehead atoms. The van der Waals surface area contributed by atoms with Gasteiger partial charge in [-0.3, -0.25) is 0 Å². The fourth-order valence-corrected chi connectivity index (χ4v) is 4.58. The van der Waals surface area contributed by atoms with Gasteiger partial charge in [0.1, 0.15) is 0 Å². The molecule has 0 aromatic carbocycles. The molecule has 0 unspecified atom stereocenters. The Hall–Kier alpha value is -1.20. The number of urea groups is 1. The number of sulfonamides is 1. The molecular weight excluding hydrogens is 364 g/mol. The summed E-state index contributed by atoms with van der Waals surface area (Å²) in [5.41, 5.74) is 0. The molecule has 0 N–H and O–H groups in total. The third-order valence-corrected chi connectivity index (χ3v) is 6.00. The predicted molar refractivity (Wildman–Crippen MR) is 78.1 cm³/mol. The van der Waals surface area contributed by atoms with Gasteiger partial charge < -0.3 is 9.80 Å². The van der Waals surface area contributed by atoms with E-state index in [0.717, 1.165) is 0 Å². The Morgan fingerprint density at radius 2 is 1.81 bits per heavy atom. The molecule has 1 saturated heterocycles. The first-order chi connectivity index (χ1) is 9.75. The summed E-state index contributed by atoms with van der Waals surface area (Å²) in [5, 5.41) is 7.41. The fourth-order valence-electron chi connectivity index (χ4n) is 2.12. The Labute approximate surface area is 131 Å². The van der Waals surface area contributed by atoms with Crippen LogP contribution in [-0.2, 0) is 17.1 Å². The summed E-state index contributed by atoms with van der Waals surface area (Å²) in [6.07, 6.45) is 0. The lowest BCUT2D eigenvalue weighted by molar-refractivity contribution is 0.149. The standard InChI is InChI=1S/C10H17BrN6O3S/c1-14(2)10(18)16-4-6-17(7-5-16)21(19,20)9-8(11)12-13-15(9)3/h4-7H2,1-3H3. The molecule has 1 fully saturated rings. The SMILES string of the molecule is CN(C)C(=O)N1CCN(S(=O)(=O)c2c(Br)nnn2C)CC1. The minimum atomic E-state index is -3.68. The molecule has 0 radical (unpaired) electrons. The summed E-state index contributed by atoms with van der Waals surface area (Å²) in [4.78, 5) is 14.9. The molecule has 11 heteroatoms. The smallest absolute Gasteiger partial charge is 0.319 e. The van der Waals surface area contributed by atoms with Gasteiger partial charge in [0.2, 0.25) is 5.03 Å². The maximum Gasteiger partial charge on any atom is 0.319 e. The molecule has 1 aromatic heterocycles. The highest BCUT2D eigenvalue weighted by Crippen LogP contribution is 2.23. The largest absolute Gasteiger partial charge is 0.331 e. The van der Waals surface area contributed by atoms with E-state index in [4.69, 9.17) is 0 Å². The van der Waals surface area contributed by atoms with Crippen LogP contribution in [0.3, 0.4) is 0 Å². The molecule has 0 saturated carbocycles. The number of nitrogens with zero attached hydrogens (tertiary/aromatic N) is 6. The zero-order chi connectivity index (χ0) is 15.8. The van der Waals surface area contributed by atoms with E-state index in [1.807, 2.05) is 0 Å². The van der Waals surface area contributed by atoms with Gasteiger partial charge in [-0.05, 0) is 15.9 Å². The van der Waals surface area contributed by atoms with Crippen molar-refractivity contribution in [1.29, 1.82) is 0 Å². The van der Waals surface area contributed by atoms with Crippen molar-refractivity contribution in [3.05, 3.63) is 4.60 Å². The molecule has 0 spiro atoms. The number of amides is 2. The number of carbonyl (C=O) groups excluding carboxylic acids is 1. The molecule has 21 heavy (non-hydrogen) atoms. The molecule has 0 atom stereocenters. The first kappa shape index (κ1) is 16.2. The summed E-state index contributed by atoms with van der Waals surface area (Å²) >= 11 is 3.10. The van der Waals surface area contributed by atoms with Crippen molar-refractivity contribution in [1.82, 2.24) is 29.1 Å². The number of piperazine rings is 1. The zero-order valence-electron chi connectivity index (χ0n) is 12.0. The number of hydrogen-bond acceptors (Lipinski definition) is 5. The summed E-state index contributed by atoms with van der Waals surface area (Å²) in [6, 6.07) is -0.115. The van der Waals surface area contributed by atoms with Gasteiger partial charge in [0.15, 0.2) is 4.60 Å². The Morgan fingerprint density at radius 3 is 2.24 bits per heavy atom. The third kappa shape index (κ3) is 3.04. The van der Waals surface area contributed by atoms with E-state index in [2.05, 4.69) is 26.2 Å². The Bertz CT molecular complexity index is 616. The van der Waals surface area contributed by atoms with Crippen LogP contribution in [-0.4, -0.2) is 83.8 Å². The Kier molecular flexibility index (Phi) is 4.54. The molecule has 2 amide bonds. The highest BCUT2D eigenvalue weighted by molar-refractivity contribution is 9.10. The lowest BCUT2D eigenvalue weighted by atomic mass is 10.4. The highest BCUT2D eigenvalue weighted by atomic mass is 79.9. The van der Waals surface area contributed by atoms with Gasteiger partial charge in [-0.1, -0.05) is 5.21 Å². The number of hydrogen-bond donors (Lipinski definition) is 0. The number of aryl methyl sites for hydroxylation is 1. The van der Waals surface area contributed by atoms with Crippen molar-refractivity contribution in [3.63, 3.8) is 0 Å². The van der Waals surface area contributed by atoms with Crippen molar-refractivity contribution in [3.8, 4) is 0 Å². The molecule has 1 aliphatic rings. The average molecular weight is 381 g/mol. The number of halogens is 1. The summed E-state index contributed by atoms with van der Waals surface area (Å²) in [6.45, 7) is 1.22. The lowest BCUT2D eigenvalue weighted by Gasteiger charge is -2.35. The minimum absolute atomic E-state index is 0.0230. The van der Waals surface area contributed by atoms with Crippen molar-refractivity contribution >= 4 is 32.0 Å². The first-order valence-electron chi connectivity index (χ1n) is 6.26. The minimum Gasteiger partial charge on any atom is -0.331 e. The van der Waals surface area contributed by atoms with Gasteiger partial charge in [-0.15, -0.1) is 5.10 Å². The third-order valence-electron chi connectivity index (χ3n) is 3.21. The van der Waals surface area contributed by atoms with Crippen molar-refractivity contribution in [2.45, 2.75) is 5.03 Å². The topological polar surface area (TPSA) is 91.6 Å². The second kappa shape index (κ2) is 5.89. The van der Waals surface area contributed by atoms with Crippen molar-refractivity contribution in [2.75, 3.05) is 40.3 Å². The average Bonchev–Trinajstić information content (AvgIpc) is 2.78. The second-order valence-corrected chi connectivity index (χ2v) is 7.48. The van der Waals surface area contributed by atoms with E-state index < -0.39 is 10.0 Å². The van der Waals surface area contributed by atoms with E-state index in [0.29, 0.717) is 13.1 Å². The molecule has 1 aliphatic heterocycles. The number of carbonyl (C=O) groups is 1. The van der Waals surface area contributed by atoms with E-state index in [-0.39, 0.29) is 28.7 Å². The van der Waals surface area contributed by atoms with Gasteiger partial charge in [-0.25, -0.2) is 17.9 Å². The Balaban J connectivity index is 2.14. The van der Waals surface area contributed by atoms with E-state index in [9.17, 15) is 13.2 Å². The molecule has 0 aliphatic carbocycles. The van der Waals surface area contributed by atoms with Gasteiger partial charge in [-0.2, -0.15) is 4.31 Å². The highest BCUT2D eigenvalue weighted by Gasteiger charge is 2.34. The number of aromatic nitrogens is 3. The predicted octanol–water partition coefficient (Wildman–Crippen LogP) is -0.434. The van der Waals surface area contributed by atoms with Gasteiger partial charge in [0.05, 0.1) is 0 Å². The van der Waals surface area contributed by atoms with Gasteiger partial charge >= 0.3 is 6.03 Å². The molecule has 1 aromatic rings. The fraction of sp³-hybridized carbons (Fsp3) is 0.700. The van der Waals surface area contributed by atoms with Gasteiger partial charge in [0, 0.05) is 47.3 Å². The van der Waals surface area contributed by atoms with E-state index in [1.165, 1.54) is 20.9 Å². The summed E-state index contributed by atoms with van der Waals surface area (Å²) in [7, 11) is 1.19. The first-order valence-corrected chi connectivity index (χ1v) is 8.50. The van der Waals surface area contributed by atoms with Crippen LogP contribution in [0.5, 0.6) is 0 Å². The van der Waals surface area contributed by atoms with Crippen LogP contribution in [0.4, 0.5) is 4.79 Å². The molecular formula is C10H17BrN6O3S. The van der Waals surface area contributed by atoms with Crippen molar-refractivity contribution in [2.24, 2.45) is 7.05 Å². The molecule has 2 heterocycles. The van der Waals surface area contributed by atoms with Crippen LogP contribution in [0.1, 0.15) is 0 Å². The summed E-state index contributed by atoms with van der Waals surface area (Å²) in [5.74, 6) is 0. The maximum absolute atomic E-state index is 12.6. The zero-order valence-corrected chi connectivity index (χ0v) is 14.4. The molecule has 2 rings (SSSR count). The van der Waals surface area contributed by atoms with Crippen LogP contribution < -0.4 is 0 Å². The molecule has 118 valence electrons. The van der Waals surface area contributed by atoms with Crippen LogP contribution in [0.25, 0.3) is 0 Å². The normalized spacial score (nSPS) is 17.0. The van der Waals surface area contributed by atoms with E-state index >= 15 is 0 Å². The van der Waals surface area contributed by atoms with E-state index in [1.54, 1.807) is 19.0 Å². The van der Waals surface area contributed by atoms with Gasteiger partial charge in [0.25, 0.3) is 10.0 Å². The quantitative estimate of drug-likeness (QED) is 0.693. The van der Waals surface area contributed by atoms with Crippen LogP contribution in [0.2, 0.25) is 0 Å². The lowest BCUT2D eigenvalue weighted by Crippen LogP contribution is -2.53. The van der Waals surface area contributed by atoms with Crippen LogP contribution in [0, 0.1) is 0 Å². The van der Waals surface area contributed by atoms with Crippen molar-refractivity contribution < 1.29 is 13.2 Å². The summed E-state index contributed by atoms with van der Waals surface area (Å²) < 4.78 is 27.9. The van der Waals surface area contributed by atoms with Crippen LogP contribution in [0.15, 0.2) is 9.63 Å². The number of rotatable bonds is 2. The van der Waals surface area contributed by atoms with Crippen LogP contribution >= 0.6 is 15.9 Å². The Morgan fingerprint density at radius 1 is 1.24 bits per heavy atom. The maximum atomic E-state index is 12.6.